The average Bonchev–Trinajstić information content (AvgIpc) is 3.06. The van der Waals surface area contributed by atoms with Crippen molar-refractivity contribution in [2.75, 3.05) is 11.9 Å². The number of halogens is 1. The van der Waals surface area contributed by atoms with E-state index in [1.165, 1.54) is 18.4 Å². The van der Waals surface area contributed by atoms with Crippen LogP contribution in [0, 0.1) is 5.82 Å². The molecular formula is C18H16FN3O3. The molecule has 3 aromatic rings. The van der Waals surface area contributed by atoms with Crippen LogP contribution in [-0.4, -0.2) is 18.4 Å². The van der Waals surface area contributed by atoms with Crippen LogP contribution in [0.1, 0.15) is 15.9 Å². The van der Waals surface area contributed by atoms with Crippen molar-refractivity contribution in [1.29, 1.82) is 0 Å². The third kappa shape index (κ3) is 3.95. The second kappa shape index (κ2) is 7.04. The van der Waals surface area contributed by atoms with E-state index in [-0.39, 0.29) is 18.3 Å². The molecule has 0 atom stereocenters. The standard InChI is InChI=1S/C18H16FN3O3/c19-14-7-12-5-6-25-17(12)13(8-14)9-21-15-3-1-11(2-4-15)18(24)22-10-16(20)23/h1-8,21H,9-10H2,(H2,20,23)(H,22,24). The molecule has 0 aliphatic carbocycles. The Bertz CT molecular complexity index is 919. The number of hydrogen-bond acceptors (Lipinski definition) is 4. The normalized spacial score (nSPS) is 10.6. The lowest BCUT2D eigenvalue weighted by Crippen LogP contribution is -2.33. The summed E-state index contributed by atoms with van der Waals surface area (Å²) in [7, 11) is 0. The zero-order valence-electron chi connectivity index (χ0n) is 13.2. The Morgan fingerprint density at radius 1 is 1.12 bits per heavy atom. The monoisotopic (exact) mass is 341 g/mol. The summed E-state index contributed by atoms with van der Waals surface area (Å²) in [6.07, 6.45) is 1.52. The Hall–Kier alpha value is -3.35. The number of rotatable bonds is 6. The Morgan fingerprint density at radius 3 is 2.60 bits per heavy atom. The lowest BCUT2D eigenvalue weighted by atomic mass is 10.1. The summed E-state index contributed by atoms with van der Waals surface area (Å²) < 4.78 is 19.0. The zero-order chi connectivity index (χ0) is 17.8. The molecule has 7 heteroatoms. The largest absolute Gasteiger partial charge is 0.464 e. The molecule has 0 saturated heterocycles. The van der Waals surface area contributed by atoms with E-state index in [0.29, 0.717) is 28.6 Å². The highest BCUT2D eigenvalue weighted by Crippen LogP contribution is 2.23. The number of benzene rings is 2. The number of furan rings is 1. The van der Waals surface area contributed by atoms with Gasteiger partial charge in [-0.25, -0.2) is 4.39 Å². The molecule has 0 saturated carbocycles. The molecule has 1 heterocycles. The average molecular weight is 341 g/mol. The van der Waals surface area contributed by atoms with Gasteiger partial charge in [-0.3, -0.25) is 9.59 Å². The van der Waals surface area contributed by atoms with Crippen LogP contribution >= 0.6 is 0 Å². The highest BCUT2D eigenvalue weighted by molar-refractivity contribution is 5.96. The number of carbonyl (C=O) groups excluding carboxylic acids is 2. The third-order valence-corrected chi connectivity index (χ3v) is 3.65. The highest BCUT2D eigenvalue weighted by atomic mass is 19.1. The highest BCUT2D eigenvalue weighted by Gasteiger charge is 2.09. The smallest absolute Gasteiger partial charge is 0.251 e. The number of nitrogens with two attached hydrogens (primary N) is 1. The number of fused-ring (bicyclic) bond motifs is 1. The quantitative estimate of drug-likeness (QED) is 0.641. The van der Waals surface area contributed by atoms with Crippen molar-refractivity contribution in [2.45, 2.75) is 6.54 Å². The van der Waals surface area contributed by atoms with Gasteiger partial charge in [-0.1, -0.05) is 0 Å². The van der Waals surface area contributed by atoms with Crippen LogP contribution < -0.4 is 16.4 Å². The molecule has 0 radical (unpaired) electrons. The minimum Gasteiger partial charge on any atom is -0.464 e. The molecule has 0 fully saturated rings. The van der Waals surface area contributed by atoms with Gasteiger partial charge in [0.25, 0.3) is 5.91 Å². The third-order valence-electron chi connectivity index (χ3n) is 3.65. The number of amides is 2. The second-order valence-corrected chi connectivity index (χ2v) is 5.48. The van der Waals surface area contributed by atoms with E-state index in [1.807, 2.05) is 0 Å². The summed E-state index contributed by atoms with van der Waals surface area (Å²) in [5, 5.41) is 6.27. The van der Waals surface area contributed by atoms with Crippen LogP contribution in [0.5, 0.6) is 0 Å². The predicted molar refractivity (Wildman–Crippen MR) is 91.5 cm³/mol. The SMILES string of the molecule is NC(=O)CNC(=O)c1ccc(NCc2cc(F)cc3ccoc23)cc1. The minimum atomic E-state index is -0.606. The molecule has 3 rings (SSSR count). The molecule has 0 unspecified atom stereocenters. The summed E-state index contributed by atoms with van der Waals surface area (Å²) in [6.45, 7) is 0.159. The van der Waals surface area contributed by atoms with Crippen LogP contribution in [0.3, 0.4) is 0 Å². The van der Waals surface area contributed by atoms with Crippen LogP contribution in [0.4, 0.5) is 10.1 Å². The van der Waals surface area contributed by atoms with Crippen molar-refractivity contribution in [3.05, 3.63) is 65.7 Å². The van der Waals surface area contributed by atoms with Gasteiger partial charge in [-0.05, 0) is 42.5 Å². The maximum atomic E-state index is 13.6. The Labute approximate surface area is 142 Å². The Kier molecular flexibility index (Phi) is 4.65. The van der Waals surface area contributed by atoms with Gasteiger partial charge in [0.05, 0.1) is 12.8 Å². The number of anilines is 1. The minimum absolute atomic E-state index is 0.211. The maximum Gasteiger partial charge on any atom is 0.251 e. The number of hydrogen-bond donors (Lipinski definition) is 3. The molecule has 4 N–H and O–H groups in total. The maximum absolute atomic E-state index is 13.6. The van der Waals surface area contributed by atoms with Gasteiger partial charge in [-0.15, -0.1) is 0 Å². The molecule has 0 spiro atoms. The summed E-state index contributed by atoms with van der Waals surface area (Å²) in [4.78, 5) is 22.5. The first-order valence-corrected chi connectivity index (χ1v) is 7.59. The fourth-order valence-electron chi connectivity index (χ4n) is 2.45. The predicted octanol–water partition coefficient (Wildman–Crippen LogP) is 2.40. The molecule has 2 amide bonds. The molecule has 0 bridgehead atoms. The van der Waals surface area contributed by atoms with E-state index >= 15 is 0 Å². The van der Waals surface area contributed by atoms with Crippen molar-refractivity contribution in [1.82, 2.24) is 5.32 Å². The molecule has 2 aromatic carbocycles. The zero-order valence-corrected chi connectivity index (χ0v) is 13.2. The molecule has 0 aliphatic heterocycles. The summed E-state index contributed by atoms with van der Waals surface area (Å²) in [5.74, 6) is -1.31. The number of carbonyl (C=O) groups is 2. The lowest BCUT2D eigenvalue weighted by Gasteiger charge is -2.09. The van der Waals surface area contributed by atoms with E-state index < -0.39 is 5.91 Å². The second-order valence-electron chi connectivity index (χ2n) is 5.48. The van der Waals surface area contributed by atoms with Crippen molar-refractivity contribution in [3.63, 3.8) is 0 Å². The molecular weight excluding hydrogens is 325 g/mol. The van der Waals surface area contributed by atoms with Crippen molar-refractivity contribution >= 4 is 28.5 Å². The molecule has 0 aliphatic rings. The fourth-order valence-corrected chi connectivity index (χ4v) is 2.45. The van der Waals surface area contributed by atoms with E-state index in [0.717, 1.165) is 5.69 Å². The summed E-state index contributed by atoms with van der Waals surface area (Å²) in [5.41, 5.74) is 7.48. The van der Waals surface area contributed by atoms with Crippen LogP contribution in [0.2, 0.25) is 0 Å². The fraction of sp³-hybridized carbons (Fsp3) is 0.111. The first-order valence-electron chi connectivity index (χ1n) is 7.59. The Balaban J connectivity index is 1.66. The van der Waals surface area contributed by atoms with Gasteiger partial charge < -0.3 is 20.8 Å². The van der Waals surface area contributed by atoms with Gasteiger partial charge >= 0.3 is 0 Å². The van der Waals surface area contributed by atoms with E-state index in [4.69, 9.17) is 10.2 Å². The summed E-state index contributed by atoms with van der Waals surface area (Å²) in [6, 6.07) is 11.2. The molecule has 6 nitrogen and oxygen atoms in total. The number of nitrogens with one attached hydrogen (secondary N) is 2. The number of primary amides is 1. The van der Waals surface area contributed by atoms with Gasteiger partial charge in [0.2, 0.25) is 5.91 Å². The topological polar surface area (TPSA) is 97.4 Å². The first-order chi connectivity index (χ1) is 12.0. The van der Waals surface area contributed by atoms with Crippen LogP contribution in [-0.2, 0) is 11.3 Å². The Morgan fingerprint density at radius 2 is 1.88 bits per heavy atom. The molecule has 1 aromatic heterocycles. The first kappa shape index (κ1) is 16.5. The van der Waals surface area contributed by atoms with Crippen molar-refractivity contribution in [2.24, 2.45) is 5.73 Å². The van der Waals surface area contributed by atoms with Crippen molar-refractivity contribution < 1.29 is 18.4 Å². The van der Waals surface area contributed by atoms with Gasteiger partial charge in [0, 0.05) is 28.7 Å². The van der Waals surface area contributed by atoms with E-state index in [9.17, 15) is 14.0 Å². The van der Waals surface area contributed by atoms with E-state index in [2.05, 4.69) is 10.6 Å². The van der Waals surface area contributed by atoms with Gasteiger partial charge in [0.15, 0.2) is 0 Å². The van der Waals surface area contributed by atoms with Gasteiger partial charge in [-0.2, -0.15) is 0 Å². The van der Waals surface area contributed by atoms with Crippen molar-refractivity contribution in [3.8, 4) is 0 Å². The van der Waals surface area contributed by atoms with Crippen LogP contribution in [0.15, 0.2) is 53.1 Å². The lowest BCUT2D eigenvalue weighted by molar-refractivity contribution is -0.117. The molecule has 25 heavy (non-hydrogen) atoms. The van der Waals surface area contributed by atoms with Gasteiger partial charge in [0.1, 0.15) is 11.4 Å². The summed E-state index contributed by atoms with van der Waals surface area (Å²) >= 11 is 0. The van der Waals surface area contributed by atoms with E-state index in [1.54, 1.807) is 30.3 Å². The van der Waals surface area contributed by atoms with Crippen LogP contribution in [0.25, 0.3) is 11.0 Å². The molecule has 128 valence electrons.